The molecule has 0 aliphatic heterocycles. The van der Waals surface area contributed by atoms with Gasteiger partial charge in [0.25, 0.3) is 0 Å². The molecule has 0 unspecified atom stereocenters. The van der Waals surface area contributed by atoms with Gasteiger partial charge in [0, 0.05) is 10.8 Å². The van der Waals surface area contributed by atoms with E-state index in [1.165, 1.54) is 0 Å². The average Bonchev–Trinajstić information content (AvgIpc) is 2.64. The molecule has 3 nitrogen and oxygen atoms in total. The summed E-state index contributed by atoms with van der Waals surface area (Å²) in [5.74, 6) is 2.36. The molecule has 3 rings (SSSR count). The molecule has 1 N–H and O–H groups in total. The van der Waals surface area contributed by atoms with Crippen molar-refractivity contribution in [1.82, 2.24) is 0 Å². The molecule has 26 heavy (non-hydrogen) atoms. The van der Waals surface area contributed by atoms with Gasteiger partial charge >= 0.3 is 0 Å². The van der Waals surface area contributed by atoms with Gasteiger partial charge in [0.05, 0.1) is 11.4 Å². The molecule has 0 saturated carbocycles. The predicted octanol–water partition coefficient (Wildman–Crippen LogP) is 6.00. The number of amides is 1. The van der Waals surface area contributed by atoms with Crippen LogP contribution in [0.3, 0.4) is 0 Å². The number of ether oxygens (including phenoxy) is 1. The molecule has 0 aliphatic rings. The van der Waals surface area contributed by atoms with E-state index in [0.29, 0.717) is 22.2 Å². The first-order valence-corrected chi connectivity index (χ1v) is 9.68. The second-order valence-corrected chi connectivity index (χ2v) is 7.00. The van der Waals surface area contributed by atoms with Crippen LogP contribution in [0.4, 0.5) is 5.69 Å². The van der Waals surface area contributed by atoms with Crippen molar-refractivity contribution in [1.29, 1.82) is 0 Å². The van der Waals surface area contributed by atoms with E-state index in [9.17, 15) is 4.79 Å². The maximum Gasteiger partial charge on any atom is 0.234 e. The summed E-state index contributed by atoms with van der Waals surface area (Å²) in [6, 6.07) is 24.6. The van der Waals surface area contributed by atoms with Gasteiger partial charge in [-0.15, -0.1) is 11.8 Å². The third kappa shape index (κ3) is 5.55. The summed E-state index contributed by atoms with van der Waals surface area (Å²) in [5, 5.41) is 3.63. The number of halogens is 1. The van der Waals surface area contributed by atoms with Gasteiger partial charge in [-0.2, -0.15) is 0 Å². The first-order chi connectivity index (χ1) is 12.7. The van der Waals surface area contributed by atoms with Crippen LogP contribution in [0.5, 0.6) is 11.5 Å². The molecule has 0 aliphatic carbocycles. The van der Waals surface area contributed by atoms with Gasteiger partial charge in [0.2, 0.25) is 5.91 Å². The molecule has 0 saturated heterocycles. The molecule has 3 aromatic carbocycles. The van der Waals surface area contributed by atoms with Crippen LogP contribution in [0.1, 0.15) is 5.56 Å². The average molecular weight is 384 g/mol. The Labute approximate surface area is 162 Å². The molecule has 0 aromatic heterocycles. The van der Waals surface area contributed by atoms with Crippen LogP contribution in [0, 0.1) is 0 Å². The van der Waals surface area contributed by atoms with Gasteiger partial charge in [0.15, 0.2) is 5.75 Å². The van der Waals surface area contributed by atoms with E-state index in [4.69, 9.17) is 16.3 Å². The fraction of sp³-hybridized carbons (Fsp3) is 0.0952. The van der Waals surface area contributed by atoms with Crippen LogP contribution in [0.15, 0.2) is 78.9 Å². The first kappa shape index (κ1) is 18.4. The van der Waals surface area contributed by atoms with Crippen molar-refractivity contribution in [2.75, 3.05) is 11.1 Å². The van der Waals surface area contributed by atoms with Gasteiger partial charge in [-0.1, -0.05) is 54.1 Å². The van der Waals surface area contributed by atoms with Gasteiger partial charge in [-0.25, -0.2) is 0 Å². The number of carbonyl (C=O) groups is 1. The fourth-order valence-corrected chi connectivity index (χ4v) is 3.34. The highest BCUT2D eigenvalue weighted by atomic mass is 35.5. The molecule has 1 amide bonds. The Bertz CT molecular complexity index is 871. The standard InChI is InChI=1S/C21H18ClNO2S/c22-17-8-6-7-16(13-17)14-26-15-21(24)23-19-11-4-5-12-20(19)25-18-9-2-1-3-10-18/h1-13H,14-15H2,(H,23,24). The van der Waals surface area contributed by atoms with Crippen LogP contribution >= 0.6 is 23.4 Å². The van der Waals surface area contributed by atoms with Gasteiger partial charge in [-0.3, -0.25) is 4.79 Å². The molecule has 5 heteroatoms. The van der Waals surface area contributed by atoms with Gasteiger partial charge in [0.1, 0.15) is 5.75 Å². The van der Waals surface area contributed by atoms with Crippen LogP contribution in [-0.2, 0) is 10.5 Å². The quantitative estimate of drug-likeness (QED) is 0.543. The fourth-order valence-electron chi connectivity index (χ4n) is 2.35. The Morgan fingerprint density at radius 2 is 1.73 bits per heavy atom. The Balaban J connectivity index is 1.56. The summed E-state index contributed by atoms with van der Waals surface area (Å²) in [4.78, 5) is 12.3. The number of carbonyl (C=O) groups excluding carboxylic acids is 1. The molecule has 0 heterocycles. The van der Waals surface area contributed by atoms with E-state index in [0.717, 1.165) is 17.1 Å². The molecule has 0 radical (unpaired) electrons. The van der Waals surface area contributed by atoms with Crippen molar-refractivity contribution >= 4 is 35.0 Å². The molecule has 132 valence electrons. The van der Waals surface area contributed by atoms with Gasteiger partial charge in [-0.05, 0) is 42.0 Å². The Hall–Kier alpha value is -2.43. The van der Waals surface area contributed by atoms with Crippen LogP contribution in [-0.4, -0.2) is 11.7 Å². The number of hydrogen-bond donors (Lipinski definition) is 1. The van der Waals surface area contributed by atoms with E-state index in [1.54, 1.807) is 11.8 Å². The summed E-state index contributed by atoms with van der Waals surface area (Å²) in [6.45, 7) is 0. The van der Waals surface area contributed by atoms with Crippen molar-refractivity contribution in [3.63, 3.8) is 0 Å². The lowest BCUT2D eigenvalue weighted by Gasteiger charge is -2.12. The van der Waals surface area contributed by atoms with Crippen molar-refractivity contribution in [2.24, 2.45) is 0 Å². The molecule has 0 fully saturated rings. The number of anilines is 1. The van der Waals surface area contributed by atoms with E-state index >= 15 is 0 Å². The zero-order valence-electron chi connectivity index (χ0n) is 14.0. The van der Waals surface area contributed by atoms with Crippen molar-refractivity contribution in [2.45, 2.75) is 5.75 Å². The second kappa shape index (κ2) is 9.32. The Morgan fingerprint density at radius 1 is 0.962 bits per heavy atom. The number of thioether (sulfide) groups is 1. The second-order valence-electron chi connectivity index (χ2n) is 5.58. The molecule has 0 spiro atoms. The normalized spacial score (nSPS) is 10.3. The minimum atomic E-state index is -0.0684. The zero-order chi connectivity index (χ0) is 18.2. The highest BCUT2D eigenvalue weighted by molar-refractivity contribution is 7.99. The Kier molecular flexibility index (Phi) is 6.58. The van der Waals surface area contributed by atoms with Crippen LogP contribution in [0.2, 0.25) is 5.02 Å². The largest absolute Gasteiger partial charge is 0.455 e. The number of rotatable bonds is 7. The highest BCUT2D eigenvalue weighted by Gasteiger charge is 2.09. The highest BCUT2D eigenvalue weighted by Crippen LogP contribution is 2.29. The topological polar surface area (TPSA) is 38.3 Å². The number of nitrogens with one attached hydrogen (secondary N) is 1. The number of benzene rings is 3. The number of para-hydroxylation sites is 3. The monoisotopic (exact) mass is 383 g/mol. The molecular formula is C21H18ClNO2S. The summed E-state index contributed by atoms with van der Waals surface area (Å²) >= 11 is 7.52. The lowest BCUT2D eigenvalue weighted by Crippen LogP contribution is -2.14. The Morgan fingerprint density at radius 3 is 2.54 bits per heavy atom. The van der Waals surface area contributed by atoms with Crippen LogP contribution < -0.4 is 10.1 Å². The summed E-state index contributed by atoms with van der Waals surface area (Å²) < 4.78 is 5.86. The summed E-state index contributed by atoms with van der Waals surface area (Å²) in [6.07, 6.45) is 0. The molecule has 0 atom stereocenters. The van der Waals surface area contributed by atoms with E-state index in [2.05, 4.69) is 5.32 Å². The first-order valence-electron chi connectivity index (χ1n) is 8.15. The van der Waals surface area contributed by atoms with Crippen LogP contribution in [0.25, 0.3) is 0 Å². The molecule has 3 aromatic rings. The van der Waals surface area contributed by atoms with Crippen molar-refractivity contribution in [3.8, 4) is 11.5 Å². The maximum atomic E-state index is 12.3. The summed E-state index contributed by atoms with van der Waals surface area (Å²) in [7, 11) is 0. The maximum absolute atomic E-state index is 12.3. The predicted molar refractivity (Wildman–Crippen MR) is 109 cm³/mol. The zero-order valence-corrected chi connectivity index (χ0v) is 15.6. The minimum Gasteiger partial charge on any atom is -0.455 e. The van der Waals surface area contributed by atoms with E-state index < -0.39 is 0 Å². The van der Waals surface area contributed by atoms with E-state index in [1.807, 2.05) is 78.9 Å². The SMILES string of the molecule is O=C(CSCc1cccc(Cl)c1)Nc1ccccc1Oc1ccccc1. The smallest absolute Gasteiger partial charge is 0.234 e. The van der Waals surface area contributed by atoms with Crippen molar-refractivity contribution < 1.29 is 9.53 Å². The number of hydrogen-bond acceptors (Lipinski definition) is 3. The summed E-state index contributed by atoms with van der Waals surface area (Å²) in [5.41, 5.74) is 1.76. The lowest BCUT2D eigenvalue weighted by atomic mass is 10.2. The van der Waals surface area contributed by atoms with E-state index in [-0.39, 0.29) is 5.91 Å². The lowest BCUT2D eigenvalue weighted by molar-refractivity contribution is -0.113. The third-order valence-electron chi connectivity index (χ3n) is 3.52. The van der Waals surface area contributed by atoms with Gasteiger partial charge < -0.3 is 10.1 Å². The molecular weight excluding hydrogens is 366 g/mol. The van der Waals surface area contributed by atoms with Crippen molar-refractivity contribution in [3.05, 3.63) is 89.4 Å². The molecule has 0 bridgehead atoms. The third-order valence-corrected chi connectivity index (χ3v) is 4.76. The minimum absolute atomic E-state index is 0.0684.